The molecule has 1 heterocycles. The first-order valence-electron chi connectivity index (χ1n) is 6.13. The molecule has 0 aliphatic carbocycles. The van der Waals surface area contributed by atoms with Crippen LogP contribution in [0.2, 0.25) is 0 Å². The van der Waals surface area contributed by atoms with Crippen molar-refractivity contribution in [1.29, 1.82) is 0 Å². The summed E-state index contributed by atoms with van der Waals surface area (Å²) in [4.78, 5) is 3.14. The highest BCUT2D eigenvalue weighted by Gasteiger charge is 2.46. The third-order valence-electron chi connectivity index (χ3n) is 3.03. The molecule has 0 aliphatic rings. The Kier molecular flexibility index (Phi) is 4.28. The number of halogens is 9. The van der Waals surface area contributed by atoms with Crippen molar-refractivity contribution in [3.8, 4) is 11.3 Å². The van der Waals surface area contributed by atoms with Gasteiger partial charge in [-0.05, 0) is 12.1 Å². The second-order valence-corrected chi connectivity index (χ2v) is 4.62. The van der Waals surface area contributed by atoms with Gasteiger partial charge in [-0.2, -0.15) is 39.5 Å². The van der Waals surface area contributed by atoms with Gasteiger partial charge < -0.3 is 0 Å². The molecule has 0 radical (unpaired) electrons. The van der Waals surface area contributed by atoms with E-state index in [0.717, 1.165) is 12.1 Å². The van der Waals surface area contributed by atoms with E-state index < -0.39 is 46.5 Å². The number of nitrogens with zero attached hydrogens (tertiary/aromatic N) is 1. The average Bonchev–Trinajstić information content (AvgIpc) is 2.44. The lowest BCUT2D eigenvalue weighted by Gasteiger charge is -2.20. The summed E-state index contributed by atoms with van der Waals surface area (Å²) in [7, 11) is 0. The summed E-state index contributed by atoms with van der Waals surface area (Å²) >= 11 is 0. The lowest BCUT2D eigenvalue weighted by atomic mass is 9.96. The number of hydrogen-bond acceptors (Lipinski definition) is 1. The van der Waals surface area contributed by atoms with Crippen molar-refractivity contribution in [3.05, 3.63) is 53.2 Å². The van der Waals surface area contributed by atoms with Crippen LogP contribution in [0.1, 0.15) is 16.7 Å². The van der Waals surface area contributed by atoms with Crippen LogP contribution in [0.3, 0.4) is 0 Å². The summed E-state index contributed by atoms with van der Waals surface area (Å²) in [5, 5.41) is 0. The molecule has 0 spiro atoms. The topological polar surface area (TPSA) is 12.9 Å². The molecule has 1 nitrogen and oxygen atoms in total. The molecule has 0 N–H and O–H groups in total. The molecule has 24 heavy (non-hydrogen) atoms. The molecular formula is C14H6F9N. The lowest BCUT2D eigenvalue weighted by Crippen LogP contribution is -2.19. The Hall–Kier alpha value is -2.26. The van der Waals surface area contributed by atoms with Gasteiger partial charge in [-0.3, -0.25) is 4.98 Å². The second kappa shape index (κ2) is 5.67. The molecule has 2 rings (SSSR count). The highest BCUT2D eigenvalue weighted by molar-refractivity contribution is 5.69. The van der Waals surface area contributed by atoms with Crippen molar-refractivity contribution < 1.29 is 39.5 Å². The van der Waals surface area contributed by atoms with E-state index >= 15 is 0 Å². The third kappa shape index (κ3) is 3.46. The Balaban J connectivity index is 2.88. The van der Waals surface area contributed by atoms with Crippen LogP contribution in [0.4, 0.5) is 39.5 Å². The molecule has 0 bridgehead atoms. The van der Waals surface area contributed by atoms with Crippen LogP contribution in [-0.4, -0.2) is 4.98 Å². The minimum absolute atomic E-state index is 0.0719. The summed E-state index contributed by atoms with van der Waals surface area (Å²) in [6.07, 6.45) is -15.6. The Morgan fingerprint density at radius 2 is 1.17 bits per heavy atom. The van der Waals surface area contributed by atoms with Crippen molar-refractivity contribution >= 4 is 0 Å². The van der Waals surface area contributed by atoms with E-state index in [9.17, 15) is 39.5 Å². The summed E-state index contributed by atoms with van der Waals surface area (Å²) in [6, 6.07) is 3.07. The van der Waals surface area contributed by atoms with Crippen molar-refractivity contribution in [3.63, 3.8) is 0 Å². The second-order valence-electron chi connectivity index (χ2n) is 4.62. The Morgan fingerprint density at radius 1 is 0.625 bits per heavy atom. The van der Waals surface area contributed by atoms with E-state index in [4.69, 9.17) is 0 Å². The van der Waals surface area contributed by atoms with E-state index in [1.54, 1.807) is 0 Å². The van der Waals surface area contributed by atoms with Gasteiger partial charge in [0.1, 0.15) is 0 Å². The van der Waals surface area contributed by atoms with Crippen LogP contribution in [0.5, 0.6) is 0 Å². The molecule has 0 amide bonds. The monoisotopic (exact) mass is 359 g/mol. The van der Waals surface area contributed by atoms with Crippen molar-refractivity contribution in [2.45, 2.75) is 18.5 Å². The van der Waals surface area contributed by atoms with Crippen LogP contribution in [0.15, 0.2) is 36.5 Å². The maximum atomic E-state index is 13.1. The summed E-state index contributed by atoms with van der Waals surface area (Å²) in [5.74, 6) is 0. The van der Waals surface area contributed by atoms with Crippen molar-refractivity contribution in [2.24, 2.45) is 0 Å². The zero-order valence-electron chi connectivity index (χ0n) is 11.3. The standard InChI is InChI=1S/C14H6F9N/c15-12(16,17)8-4-2-1-3-7(8)11-10(14(21,22)23)9(5-6-24-11)13(18,19)20/h1-6H. The van der Waals surface area contributed by atoms with Crippen LogP contribution in [-0.2, 0) is 18.5 Å². The van der Waals surface area contributed by atoms with E-state index in [-0.39, 0.29) is 6.07 Å². The molecule has 1 aromatic heterocycles. The Bertz CT molecular complexity index is 741. The molecule has 1 aromatic carbocycles. The Labute approximate surface area is 128 Å². The molecule has 0 atom stereocenters. The number of hydrogen-bond donors (Lipinski definition) is 0. The highest BCUT2D eigenvalue weighted by atomic mass is 19.4. The summed E-state index contributed by atoms with van der Waals surface area (Å²) in [6.45, 7) is 0. The van der Waals surface area contributed by atoms with E-state index in [1.807, 2.05) is 0 Å². The maximum absolute atomic E-state index is 13.1. The number of alkyl halides is 9. The molecule has 0 saturated heterocycles. The molecule has 0 fully saturated rings. The maximum Gasteiger partial charge on any atom is 0.419 e. The normalized spacial score (nSPS) is 13.2. The number of rotatable bonds is 1. The zero-order valence-corrected chi connectivity index (χ0v) is 11.3. The largest absolute Gasteiger partial charge is 0.419 e. The fourth-order valence-electron chi connectivity index (χ4n) is 2.13. The molecule has 10 heteroatoms. The number of benzene rings is 1. The molecule has 2 aromatic rings. The minimum atomic E-state index is -5.55. The van der Waals surface area contributed by atoms with Crippen LogP contribution in [0, 0.1) is 0 Å². The fourth-order valence-corrected chi connectivity index (χ4v) is 2.13. The van der Waals surface area contributed by atoms with Crippen molar-refractivity contribution in [1.82, 2.24) is 4.98 Å². The Morgan fingerprint density at radius 3 is 1.67 bits per heavy atom. The third-order valence-corrected chi connectivity index (χ3v) is 3.03. The molecule has 0 aliphatic heterocycles. The fraction of sp³-hybridized carbons (Fsp3) is 0.214. The van der Waals surface area contributed by atoms with E-state index in [2.05, 4.69) is 4.98 Å². The van der Waals surface area contributed by atoms with Gasteiger partial charge in [0.05, 0.1) is 22.4 Å². The van der Waals surface area contributed by atoms with Gasteiger partial charge in [-0.25, -0.2) is 0 Å². The van der Waals surface area contributed by atoms with Gasteiger partial charge in [-0.1, -0.05) is 18.2 Å². The molecule has 0 unspecified atom stereocenters. The summed E-state index contributed by atoms with van der Waals surface area (Å²) in [5.41, 5.74) is -8.37. The van der Waals surface area contributed by atoms with Gasteiger partial charge >= 0.3 is 18.5 Å². The van der Waals surface area contributed by atoms with Gasteiger partial charge in [0, 0.05) is 11.8 Å². The number of pyridine rings is 1. The van der Waals surface area contributed by atoms with Gasteiger partial charge in [0.2, 0.25) is 0 Å². The van der Waals surface area contributed by atoms with Crippen LogP contribution < -0.4 is 0 Å². The average molecular weight is 359 g/mol. The van der Waals surface area contributed by atoms with Crippen LogP contribution >= 0.6 is 0 Å². The summed E-state index contributed by atoms with van der Waals surface area (Å²) < 4.78 is 117. The lowest BCUT2D eigenvalue weighted by molar-refractivity contribution is -0.162. The van der Waals surface area contributed by atoms with Gasteiger partial charge in [-0.15, -0.1) is 0 Å². The molecule has 130 valence electrons. The SMILES string of the molecule is FC(F)(F)c1ccccc1-c1nccc(C(F)(F)F)c1C(F)(F)F. The predicted molar refractivity (Wildman–Crippen MR) is 64.7 cm³/mol. The molecule has 0 saturated carbocycles. The van der Waals surface area contributed by atoms with E-state index in [1.165, 1.54) is 0 Å². The first-order chi connectivity index (χ1) is 10.8. The minimum Gasteiger partial charge on any atom is -0.256 e. The van der Waals surface area contributed by atoms with Crippen molar-refractivity contribution in [2.75, 3.05) is 0 Å². The highest BCUT2D eigenvalue weighted by Crippen LogP contribution is 2.46. The van der Waals surface area contributed by atoms with Crippen LogP contribution in [0.25, 0.3) is 11.3 Å². The molecular weight excluding hydrogens is 353 g/mol. The van der Waals surface area contributed by atoms with Gasteiger partial charge in [0.25, 0.3) is 0 Å². The number of aromatic nitrogens is 1. The first-order valence-corrected chi connectivity index (χ1v) is 6.13. The predicted octanol–water partition coefficient (Wildman–Crippen LogP) is 5.81. The smallest absolute Gasteiger partial charge is 0.256 e. The van der Waals surface area contributed by atoms with E-state index in [0.29, 0.717) is 18.3 Å². The quantitative estimate of drug-likeness (QED) is 0.586. The zero-order chi connectivity index (χ0) is 18.3. The first kappa shape index (κ1) is 18.1. The van der Waals surface area contributed by atoms with Gasteiger partial charge in [0.15, 0.2) is 0 Å².